The van der Waals surface area contributed by atoms with Crippen molar-refractivity contribution in [1.29, 1.82) is 0 Å². The summed E-state index contributed by atoms with van der Waals surface area (Å²) in [6, 6.07) is 19.6. The summed E-state index contributed by atoms with van der Waals surface area (Å²) in [5.74, 6) is 0.405. The van der Waals surface area contributed by atoms with Gasteiger partial charge in [0, 0.05) is 12.0 Å². The number of rotatable bonds is 6. The smallest absolute Gasteiger partial charge is 0.163 e. The van der Waals surface area contributed by atoms with E-state index < -0.39 is 0 Å². The lowest BCUT2D eigenvalue weighted by Gasteiger charge is -2.14. The number of hydrogen-bond donors (Lipinski definition) is 0. The molecule has 0 fully saturated rings. The Morgan fingerprint density at radius 3 is 2.16 bits per heavy atom. The quantitative estimate of drug-likeness (QED) is 0.540. The summed E-state index contributed by atoms with van der Waals surface area (Å²) >= 11 is 0. The average molecular weight is 250 g/mol. The minimum absolute atomic E-state index is 0.191. The number of allylic oxidation sites excluding steroid dienone is 1. The van der Waals surface area contributed by atoms with E-state index in [1.165, 1.54) is 5.56 Å². The van der Waals surface area contributed by atoms with Crippen LogP contribution in [-0.4, -0.2) is 5.78 Å². The van der Waals surface area contributed by atoms with E-state index in [1.54, 1.807) is 0 Å². The average Bonchev–Trinajstić information content (AvgIpc) is 2.48. The van der Waals surface area contributed by atoms with Gasteiger partial charge in [-0.1, -0.05) is 66.7 Å². The molecule has 0 aliphatic rings. The lowest BCUT2D eigenvalue weighted by Crippen LogP contribution is -2.07. The van der Waals surface area contributed by atoms with Crippen LogP contribution in [0.15, 0.2) is 73.3 Å². The molecule has 0 saturated heterocycles. The minimum atomic E-state index is 0.191. The second-order valence-electron chi connectivity index (χ2n) is 4.63. The maximum absolute atomic E-state index is 12.3. The van der Waals surface area contributed by atoms with E-state index in [-0.39, 0.29) is 11.7 Å². The van der Waals surface area contributed by atoms with Gasteiger partial charge in [0.25, 0.3) is 0 Å². The Morgan fingerprint density at radius 2 is 1.58 bits per heavy atom. The highest BCUT2D eigenvalue weighted by molar-refractivity contribution is 5.96. The van der Waals surface area contributed by atoms with Gasteiger partial charge in [-0.05, 0) is 17.9 Å². The molecule has 1 nitrogen and oxygen atoms in total. The zero-order valence-electron chi connectivity index (χ0n) is 11.0. The summed E-state index contributed by atoms with van der Waals surface area (Å²) in [5.41, 5.74) is 1.99. The number of carbonyl (C=O) groups excluding carboxylic acids is 1. The normalized spacial score (nSPS) is 11.8. The number of benzene rings is 2. The first-order chi connectivity index (χ1) is 9.31. The number of Topliss-reactive ketones (excluding diaryl/α,β-unsaturated/α-hetero) is 1. The summed E-state index contributed by atoms with van der Waals surface area (Å²) < 4.78 is 0. The summed E-state index contributed by atoms with van der Waals surface area (Å²) in [7, 11) is 0. The fourth-order valence-electron chi connectivity index (χ4n) is 2.23. The molecule has 2 aromatic carbocycles. The van der Waals surface area contributed by atoms with Gasteiger partial charge in [-0.25, -0.2) is 0 Å². The fourth-order valence-corrected chi connectivity index (χ4v) is 2.23. The number of carbonyl (C=O) groups is 1. The third kappa shape index (κ3) is 3.65. The molecule has 0 amide bonds. The molecule has 0 N–H and O–H groups in total. The third-order valence-corrected chi connectivity index (χ3v) is 3.25. The van der Waals surface area contributed by atoms with Crippen LogP contribution in [-0.2, 0) is 0 Å². The first-order valence-corrected chi connectivity index (χ1v) is 6.55. The van der Waals surface area contributed by atoms with Gasteiger partial charge < -0.3 is 0 Å². The molecule has 0 aliphatic carbocycles. The molecule has 1 heteroatoms. The monoisotopic (exact) mass is 250 g/mol. The molecule has 0 heterocycles. The van der Waals surface area contributed by atoms with E-state index in [1.807, 2.05) is 54.6 Å². The van der Waals surface area contributed by atoms with Gasteiger partial charge in [-0.3, -0.25) is 4.79 Å². The molecule has 0 aliphatic heterocycles. The molecule has 2 rings (SSSR count). The van der Waals surface area contributed by atoms with Gasteiger partial charge in [0.05, 0.1) is 0 Å². The fraction of sp³-hybridized carbons (Fsp3) is 0.167. The van der Waals surface area contributed by atoms with Crippen molar-refractivity contribution < 1.29 is 4.79 Å². The Bertz CT molecular complexity index is 528. The molecule has 2 aromatic rings. The predicted octanol–water partition coefficient (Wildman–Crippen LogP) is 4.62. The maximum Gasteiger partial charge on any atom is 0.163 e. The predicted molar refractivity (Wildman–Crippen MR) is 79.4 cm³/mol. The molecule has 0 bridgehead atoms. The number of ketones is 1. The SMILES string of the molecule is C=CCC(CC(=O)c1ccccc1)c1ccccc1. The molecular weight excluding hydrogens is 232 g/mol. The Morgan fingerprint density at radius 1 is 1.00 bits per heavy atom. The van der Waals surface area contributed by atoms with Crippen LogP contribution in [0.1, 0.15) is 34.7 Å². The largest absolute Gasteiger partial charge is 0.294 e. The van der Waals surface area contributed by atoms with Crippen molar-refractivity contribution in [1.82, 2.24) is 0 Å². The van der Waals surface area contributed by atoms with Gasteiger partial charge in [-0.15, -0.1) is 6.58 Å². The van der Waals surface area contributed by atoms with Crippen LogP contribution < -0.4 is 0 Å². The Labute approximate surface area is 114 Å². The molecule has 0 aromatic heterocycles. The van der Waals surface area contributed by atoms with Crippen LogP contribution in [0.4, 0.5) is 0 Å². The molecule has 0 radical (unpaired) electrons. The van der Waals surface area contributed by atoms with Crippen molar-refractivity contribution in [2.75, 3.05) is 0 Å². The van der Waals surface area contributed by atoms with Gasteiger partial charge >= 0.3 is 0 Å². The van der Waals surface area contributed by atoms with Crippen LogP contribution in [0.3, 0.4) is 0 Å². The zero-order valence-corrected chi connectivity index (χ0v) is 11.0. The number of hydrogen-bond acceptors (Lipinski definition) is 1. The van der Waals surface area contributed by atoms with Crippen LogP contribution in [0.5, 0.6) is 0 Å². The van der Waals surface area contributed by atoms with Crippen LogP contribution in [0.2, 0.25) is 0 Å². The molecule has 0 saturated carbocycles. The van der Waals surface area contributed by atoms with Gasteiger partial charge in [-0.2, -0.15) is 0 Å². The van der Waals surface area contributed by atoms with E-state index in [0.29, 0.717) is 6.42 Å². The van der Waals surface area contributed by atoms with Crippen molar-refractivity contribution >= 4 is 5.78 Å². The Kier molecular flexibility index (Phi) is 4.68. The second kappa shape index (κ2) is 6.69. The zero-order chi connectivity index (χ0) is 13.5. The van der Waals surface area contributed by atoms with E-state index >= 15 is 0 Å². The molecule has 1 unspecified atom stereocenters. The van der Waals surface area contributed by atoms with Gasteiger partial charge in [0.2, 0.25) is 0 Å². The van der Waals surface area contributed by atoms with Gasteiger partial charge in [0.1, 0.15) is 0 Å². The van der Waals surface area contributed by atoms with E-state index in [0.717, 1.165) is 12.0 Å². The molecular formula is C18H18O. The highest BCUT2D eigenvalue weighted by Gasteiger charge is 2.15. The van der Waals surface area contributed by atoms with Gasteiger partial charge in [0.15, 0.2) is 5.78 Å². The molecule has 1 atom stereocenters. The van der Waals surface area contributed by atoms with Crippen LogP contribution >= 0.6 is 0 Å². The summed E-state index contributed by atoms with van der Waals surface area (Å²) in [4.78, 5) is 12.3. The van der Waals surface area contributed by atoms with E-state index in [2.05, 4.69) is 18.7 Å². The highest BCUT2D eigenvalue weighted by Crippen LogP contribution is 2.25. The standard InChI is InChI=1S/C18H18O/c1-2-9-17(15-10-5-3-6-11-15)14-18(19)16-12-7-4-8-13-16/h2-8,10-13,17H,1,9,14H2. The first kappa shape index (κ1) is 13.3. The summed E-state index contributed by atoms with van der Waals surface area (Å²) in [6.45, 7) is 3.79. The second-order valence-corrected chi connectivity index (χ2v) is 4.63. The van der Waals surface area contributed by atoms with Crippen molar-refractivity contribution in [3.63, 3.8) is 0 Å². The van der Waals surface area contributed by atoms with E-state index in [4.69, 9.17) is 0 Å². The summed E-state index contributed by atoms with van der Waals surface area (Å²) in [6.07, 6.45) is 3.23. The topological polar surface area (TPSA) is 17.1 Å². The van der Waals surface area contributed by atoms with Crippen molar-refractivity contribution in [3.8, 4) is 0 Å². The maximum atomic E-state index is 12.3. The summed E-state index contributed by atoms with van der Waals surface area (Å²) in [5, 5.41) is 0. The lowest BCUT2D eigenvalue weighted by atomic mass is 9.89. The van der Waals surface area contributed by atoms with Crippen molar-refractivity contribution in [3.05, 3.63) is 84.4 Å². The minimum Gasteiger partial charge on any atom is -0.294 e. The van der Waals surface area contributed by atoms with Crippen LogP contribution in [0, 0.1) is 0 Å². The first-order valence-electron chi connectivity index (χ1n) is 6.55. The Hall–Kier alpha value is -2.15. The lowest BCUT2D eigenvalue weighted by molar-refractivity contribution is 0.0974. The molecule has 19 heavy (non-hydrogen) atoms. The highest BCUT2D eigenvalue weighted by atomic mass is 16.1. The van der Waals surface area contributed by atoms with Crippen molar-refractivity contribution in [2.24, 2.45) is 0 Å². The third-order valence-electron chi connectivity index (χ3n) is 3.25. The van der Waals surface area contributed by atoms with Crippen molar-refractivity contribution in [2.45, 2.75) is 18.8 Å². The molecule has 96 valence electrons. The van der Waals surface area contributed by atoms with E-state index in [9.17, 15) is 4.79 Å². The molecule has 0 spiro atoms. The van der Waals surface area contributed by atoms with Crippen LogP contribution in [0.25, 0.3) is 0 Å². The Balaban J connectivity index is 2.14.